The first-order valence-corrected chi connectivity index (χ1v) is 6.15. The molecule has 0 saturated heterocycles. The van der Waals surface area contributed by atoms with Crippen LogP contribution in [0.3, 0.4) is 0 Å². The highest BCUT2D eigenvalue weighted by atomic mass is 16.2. The van der Waals surface area contributed by atoms with Gasteiger partial charge in [-0.05, 0) is 19.1 Å². The molecule has 7 heteroatoms. The third kappa shape index (κ3) is 2.33. The summed E-state index contributed by atoms with van der Waals surface area (Å²) in [7, 11) is 0. The minimum Gasteiger partial charge on any atom is -0.381 e. The number of hydrogen-bond acceptors (Lipinski definition) is 4. The molecule has 0 radical (unpaired) electrons. The van der Waals surface area contributed by atoms with Crippen LogP contribution in [0.4, 0.5) is 11.5 Å². The van der Waals surface area contributed by atoms with Crippen LogP contribution in [0.15, 0.2) is 30.5 Å². The smallest absolute Gasteiger partial charge is 0.246 e. The van der Waals surface area contributed by atoms with E-state index in [-0.39, 0.29) is 12.5 Å². The molecule has 102 valence electrons. The second kappa shape index (κ2) is 4.69. The lowest BCUT2D eigenvalue weighted by Crippen LogP contribution is -2.19. The third-order valence-electron chi connectivity index (χ3n) is 2.93. The van der Waals surface area contributed by atoms with Crippen LogP contribution in [0.25, 0.3) is 10.9 Å². The Balaban J connectivity index is 1.80. The Morgan fingerprint density at radius 2 is 2.35 bits per heavy atom. The van der Waals surface area contributed by atoms with E-state index < -0.39 is 0 Å². The molecule has 0 unspecified atom stereocenters. The standard InChI is InChI=1S/C13H14N6O/c1-8-5-9-3-2-4-10(13(9)15-8)16-12(20)7-19-6-11(14)17-18-19/h2-6,15H,7,14H2,1H3,(H,16,20). The first-order valence-electron chi connectivity index (χ1n) is 6.15. The summed E-state index contributed by atoms with van der Waals surface area (Å²) < 4.78 is 1.39. The lowest BCUT2D eigenvalue weighted by molar-refractivity contribution is -0.116. The molecule has 0 bridgehead atoms. The Morgan fingerprint density at radius 1 is 1.50 bits per heavy atom. The van der Waals surface area contributed by atoms with Crippen molar-refractivity contribution >= 4 is 28.3 Å². The number of amides is 1. The molecule has 0 aliphatic rings. The number of H-pyrrole nitrogens is 1. The Bertz CT molecular complexity index is 772. The summed E-state index contributed by atoms with van der Waals surface area (Å²) in [4.78, 5) is 15.2. The van der Waals surface area contributed by atoms with Crippen molar-refractivity contribution in [2.24, 2.45) is 0 Å². The minimum absolute atomic E-state index is 0.0697. The van der Waals surface area contributed by atoms with E-state index in [0.717, 1.165) is 22.3 Å². The molecule has 2 heterocycles. The van der Waals surface area contributed by atoms with E-state index in [9.17, 15) is 4.79 Å². The van der Waals surface area contributed by atoms with Crippen LogP contribution in [0.5, 0.6) is 0 Å². The van der Waals surface area contributed by atoms with Gasteiger partial charge >= 0.3 is 0 Å². The fourth-order valence-electron chi connectivity index (χ4n) is 2.13. The number of nitrogens with one attached hydrogen (secondary N) is 2. The summed E-state index contributed by atoms with van der Waals surface area (Å²) in [6.07, 6.45) is 1.51. The molecule has 0 fully saturated rings. The highest BCUT2D eigenvalue weighted by Gasteiger charge is 2.09. The molecule has 4 N–H and O–H groups in total. The van der Waals surface area contributed by atoms with Gasteiger partial charge in [0, 0.05) is 11.1 Å². The molecule has 20 heavy (non-hydrogen) atoms. The summed E-state index contributed by atoms with van der Waals surface area (Å²) >= 11 is 0. The van der Waals surface area contributed by atoms with Crippen molar-refractivity contribution < 1.29 is 4.79 Å². The maximum atomic E-state index is 12.0. The number of hydrogen-bond donors (Lipinski definition) is 3. The topological polar surface area (TPSA) is 102 Å². The van der Waals surface area contributed by atoms with Gasteiger partial charge in [-0.1, -0.05) is 17.3 Å². The minimum atomic E-state index is -0.186. The van der Waals surface area contributed by atoms with Crippen molar-refractivity contribution in [3.05, 3.63) is 36.2 Å². The second-order valence-corrected chi connectivity index (χ2v) is 4.61. The number of para-hydroxylation sites is 1. The summed E-state index contributed by atoms with van der Waals surface area (Å²) in [5.41, 5.74) is 8.16. The number of benzene rings is 1. The van der Waals surface area contributed by atoms with Crippen LogP contribution < -0.4 is 11.1 Å². The number of fused-ring (bicyclic) bond motifs is 1. The van der Waals surface area contributed by atoms with Crippen molar-refractivity contribution in [3.63, 3.8) is 0 Å². The number of rotatable bonds is 3. The fraction of sp³-hybridized carbons (Fsp3) is 0.154. The number of aromatic amines is 1. The van der Waals surface area contributed by atoms with Gasteiger partial charge in [-0.3, -0.25) is 4.79 Å². The number of carbonyl (C=O) groups is 1. The Kier molecular flexibility index (Phi) is 2.86. The average molecular weight is 270 g/mol. The number of aromatic nitrogens is 4. The number of anilines is 2. The molecular weight excluding hydrogens is 256 g/mol. The second-order valence-electron chi connectivity index (χ2n) is 4.61. The molecule has 1 amide bonds. The largest absolute Gasteiger partial charge is 0.381 e. The lowest BCUT2D eigenvalue weighted by atomic mass is 10.2. The van der Waals surface area contributed by atoms with E-state index in [2.05, 4.69) is 20.6 Å². The molecule has 7 nitrogen and oxygen atoms in total. The van der Waals surface area contributed by atoms with Crippen LogP contribution in [-0.4, -0.2) is 25.9 Å². The van der Waals surface area contributed by atoms with E-state index in [1.807, 2.05) is 31.2 Å². The van der Waals surface area contributed by atoms with Crippen LogP contribution >= 0.6 is 0 Å². The molecule has 3 aromatic rings. The molecule has 0 aliphatic heterocycles. The van der Waals surface area contributed by atoms with Crippen molar-refractivity contribution in [1.29, 1.82) is 0 Å². The Morgan fingerprint density at radius 3 is 3.10 bits per heavy atom. The van der Waals surface area contributed by atoms with Gasteiger partial charge in [0.2, 0.25) is 5.91 Å². The van der Waals surface area contributed by atoms with Gasteiger partial charge in [0.05, 0.1) is 17.4 Å². The predicted octanol–water partition coefficient (Wildman–Crippen LogP) is 1.29. The lowest BCUT2D eigenvalue weighted by Gasteiger charge is -2.06. The van der Waals surface area contributed by atoms with E-state index in [1.165, 1.54) is 10.9 Å². The van der Waals surface area contributed by atoms with E-state index in [4.69, 9.17) is 5.73 Å². The van der Waals surface area contributed by atoms with Crippen LogP contribution in [0.1, 0.15) is 5.69 Å². The average Bonchev–Trinajstić information content (AvgIpc) is 2.95. The van der Waals surface area contributed by atoms with E-state index in [1.54, 1.807) is 0 Å². The van der Waals surface area contributed by atoms with Gasteiger partial charge in [-0.25, -0.2) is 4.68 Å². The molecule has 3 rings (SSSR count). The molecular formula is C13H14N6O. The van der Waals surface area contributed by atoms with E-state index >= 15 is 0 Å². The predicted molar refractivity (Wildman–Crippen MR) is 76.1 cm³/mol. The monoisotopic (exact) mass is 270 g/mol. The van der Waals surface area contributed by atoms with E-state index in [0.29, 0.717) is 5.82 Å². The molecule has 0 aliphatic carbocycles. The number of nitrogens with two attached hydrogens (primary N) is 1. The SMILES string of the molecule is Cc1cc2cccc(NC(=O)Cn3cc(N)nn3)c2[nH]1. The number of nitrogen functional groups attached to an aromatic ring is 1. The molecule has 0 spiro atoms. The quantitative estimate of drug-likeness (QED) is 0.667. The van der Waals surface area contributed by atoms with Gasteiger partial charge < -0.3 is 16.0 Å². The van der Waals surface area contributed by atoms with Crippen molar-refractivity contribution in [2.75, 3.05) is 11.1 Å². The zero-order chi connectivity index (χ0) is 14.1. The van der Waals surface area contributed by atoms with Gasteiger partial charge in [0.15, 0.2) is 5.82 Å². The van der Waals surface area contributed by atoms with Gasteiger partial charge in [-0.15, -0.1) is 5.10 Å². The number of carbonyl (C=O) groups excluding carboxylic acids is 1. The first-order chi connectivity index (χ1) is 9.61. The normalized spacial score (nSPS) is 10.8. The van der Waals surface area contributed by atoms with Crippen LogP contribution in [0.2, 0.25) is 0 Å². The zero-order valence-electron chi connectivity index (χ0n) is 10.9. The maximum Gasteiger partial charge on any atom is 0.246 e. The Labute approximate surface area is 114 Å². The van der Waals surface area contributed by atoms with Crippen LogP contribution in [0, 0.1) is 6.92 Å². The molecule has 0 atom stereocenters. The highest BCUT2D eigenvalue weighted by molar-refractivity contribution is 6.00. The van der Waals surface area contributed by atoms with Crippen LogP contribution in [-0.2, 0) is 11.3 Å². The van der Waals surface area contributed by atoms with Crippen molar-refractivity contribution in [3.8, 4) is 0 Å². The highest BCUT2D eigenvalue weighted by Crippen LogP contribution is 2.23. The molecule has 1 aromatic carbocycles. The Hall–Kier alpha value is -2.83. The van der Waals surface area contributed by atoms with Gasteiger partial charge in [-0.2, -0.15) is 0 Å². The molecule has 0 saturated carbocycles. The fourth-order valence-corrected chi connectivity index (χ4v) is 2.13. The van der Waals surface area contributed by atoms with Crippen molar-refractivity contribution in [2.45, 2.75) is 13.5 Å². The summed E-state index contributed by atoms with van der Waals surface area (Å²) in [6.45, 7) is 2.05. The summed E-state index contributed by atoms with van der Waals surface area (Å²) in [5.74, 6) is 0.106. The van der Waals surface area contributed by atoms with Gasteiger partial charge in [0.1, 0.15) is 6.54 Å². The number of aryl methyl sites for hydroxylation is 1. The summed E-state index contributed by atoms with van der Waals surface area (Å²) in [6, 6.07) is 7.78. The maximum absolute atomic E-state index is 12.0. The summed E-state index contributed by atoms with van der Waals surface area (Å²) in [5, 5.41) is 11.3. The molecule has 2 aromatic heterocycles. The van der Waals surface area contributed by atoms with Gasteiger partial charge in [0.25, 0.3) is 0 Å². The third-order valence-corrected chi connectivity index (χ3v) is 2.93. The zero-order valence-corrected chi connectivity index (χ0v) is 10.9. The first kappa shape index (κ1) is 12.2. The van der Waals surface area contributed by atoms with Crippen molar-refractivity contribution in [1.82, 2.24) is 20.0 Å². The number of nitrogens with zero attached hydrogens (tertiary/aromatic N) is 3.